The molecule has 3 aromatic rings. The van der Waals surface area contributed by atoms with Crippen molar-refractivity contribution in [2.75, 3.05) is 12.4 Å². The summed E-state index contributed by atoms with van der Waals surface area (Å²) < 4.78 is 5.27. The SMILES string of the molecule is COc1ccc(Cl)cc1Nc1cnc(C(=O)NCc2ccccn2)cn1. The zero-order valence-electron chi connectivity index (χ0n) is 13.9. The maximum absolute atomic E-state index is 12.1. The Hall–Kier alpha value is -3.19. The number of halogens is 1. The van der Waals surface area contributed by atoms with Crippen LogP contribution in [0.5, 0.6) is 5.75 Å². The summed E-state index contributed by atoms with van der Waals surface area (Å²) in [7, 11) is 1.56. The highest BCUT2D eigenvalue weighted by Crippen LogP contribution is 2.29. The van der Waals surface area contributed by atoms with Gasteiger partial charge in [0.1, 0.15) is 17.3 Å². The Morgan fingerprint density at radius 2 is 2.04 bits per heavy atom. The van der Waals surface area contributed by atoms with Crippen LogP contribution in [-0.2, 0) is 6.54 Å². The first-order chi connectivity index (χ1) is 12.7. The van der Waals surface area contributed by atoms with Crippen LogP contribution < -0.4 is 15.4 Å². The van der Waals surface area contributed by atoms with E-state index in [2.05, 4.69) is 25.6 Å². The summed E-state index contributed by atoms with van der Waals surface area (Å²) in [5, 5.41) is 6.37. The molecule has 2 N–H and O–H groups in total. The van der Waals surface area contributed by atoms with Gasteiger partial charge in [-0.15, -0.1) is 0 Å². The van der Waals surface area contributed by atoms with Crippen LogP contribution in [0.2, 0.25) is 5.02 Å². The molecule has 0 aliphatic rings. The van der Waals surface area contributed by atoms with E-state index in [9.17, 15) is 4.79 Å². The van der Waals surface area contributed by atoms with Crippen LogP contribution in [0.3, 0.4) is 0 Å². The number of amides is 1. The Labute approximate surface area is 155 Å². The van der Waals surface area contributed by atoms with Crippen molar-refractivity contribution in [1.29, 1.82) is 0 Å². The van der Waals surface area contributed by atoms with E-state index in [4.69, 9.17) is 16.3 Å². The lowest BCUT2D eigenvalue weighted by molar-refractivity contribution is 0.0945. The van der Waals surface area contributed by atoms with Gasteiger partial charge >= 0.3 is 0 Å². The van der Waals surface area contributed by atoms with Crippen molar-refractivity contribution in [2.24, 2.45) is 0 Å². The Kier molecular flexibility index (Phi) is 5.60. The van der Waals surface area contributed by atoms with Gasteiger partial charge in [-0.3, -0.25) is 9.78 Å². The van der Waals surface area contributed by atoms with Crippen LogP contribution in [0, 0.1) is 0 Å². The van der Waals surface area contributed by atoms with Gasteiger partial charge in [-0.05, 0) is 30.3 Å². The summed E-state index contributed by atoms with van der Waals surface area (Å²) >= 11 is 6.00. The number of hydrogen-bond acceptors (Lipinski definition) is 6. The van der Waals surface area contributed by atoms with Crippen LogP contribution in [0.1, 0.15) is 16.2 Å². The summed E-state index contributed by atoms with van der Waals surface area (Å²) in [5.74, 6) is 0.760. The quantitative estimate of drug-likeness (QED) is 0.693. The summed E-state index contributed by atoms with van der Waals surface area (Å²) in [6.07, 6.45) is 4.54. The number of ether oxygens (including phenoxy) is 1. The number of rotatable bonds is 6. The molecule has 3 rings (SSSR count). The van der Waals surface area contributed by atoms with Crippen molar-refractivity contribution in [3.8, 4) is 5.75 Å². The number of carbonyl (C=O) groups is 1. The highest BCUT2D eigenvalue weighted by molar-refractivity contribution is 6.31. The number of pyridine rings is 1. The summed E-state index contributed by atoms with van der Waals surface area (Å²) in [4.78, 5) is 24.6. The van der Waals surface area contributed by atoms with Gasteiger partial charge in [0.15, 0.2) is 0 Å². The van der Waals surface area contributed by atoms with Crippen molar-refractivity contribution in [1.82, 2.24) is 20.3 Å². The fourth-order valence-corrected chi connectivity index (χ4v) is 2.36. The first-order valence-electron chi connectivity index (χ1n) is 7.76. The van der Waals surface area contributed by atoms with Crippen molar-refractivity contribution < 1.29 is 9.53 Å². The molecule has 1 amide bonds. The zero-order chi connectivity index (χ0) is 18.4. The molecule has 0 unspecified atom stereocenters. The van der Waals surface area contributed by atoms with E-state index in [1.165, 1.54) is 12.4 Å². The number of benzene rings is 1. The molecule has 132 valence electrons. The molecule has 1 aromatic carbocycles. The molecule has 26 heavy (non-hydrogen) atoms. The van der Waals surface area contributed by atoms with Crippen molar-refractivity contribution in [3.05, 3.63) is 71.4 Å². The largest absolute Gasteiger partial charge is 0.495 e. The number of hydrogen-bond donors (Lipinski definition) is 2. The third kappa shape index (κ3) is 4.46. The van der Waals surface area contributed by atoms with E-state index < -0.39 is 0 Å². The Balaban J connectivity index is 1.65. The topological polar surface area (TPSA) is 89.0 Å². The lowest BCUT2D eigenvalue weighted by atomic mass is 10.3. The third-order valence-corrected chi connectivity index (χ3v) is 3.70. The second-order valence-corrected chi connectivity index (χ2v) is 5.70. The van der Waals surface area contributed by atoms with Gasteiger partial charge in [-0.2, -0.15) is 0 Å². The highest BCUT2D eigenvalue weighted by Gasteiger charge is 2.10. The summed E-state index contributed by atoms with van der Waals surface area (Å²) in [6, 6.07) is 10.7. The number of nitrogens with one attached hydrogen (secondary N) is 2. The van der Waals surface area contributed by atoms with Crippen LogP contribution in [0.15, 0.2) is 55.0 Å². The Bertz CT molecular complexity index is 888. The molecule has 0 saturated heterocycles. The molecule has 2 aromatic heterocycles. The Morgan fingerprint density at radius 3 is 2.73 bits per heavy atom. The number of anilines is 2. The minimum absolute atomic E-state index is 0.213. The van der Waals surface area contributed by atoms with E-state index in [0.717, 1.165) is 5.69 Å². The number of methoxy groups -OCH3 is 1. The predicted octanol–water partition coefficient (Wildman–Crippen LogP) is 3.21. The fourth-order valence-electron chi connectivity index (χ4n) is 2.19. The van der Waals surface area contributed by atoms with Gasteiger partial charge < -0.3 is 15.4 Å². The van der Waals surface area contributed by atoms with Crippen LogP contribution in [-0.4, -0.2) is 28.0 Å². The van der Waals surface area contributed by atoms with E-state index >= 15 is 0 Å². The molecule has 2 heterocycles. The van der Waals surface area contributed by atoms with E-state index in [0.29, 0.717) is 28.8 Å². The lowest BCUT2D eigenvalue weighted by Gasteiger charge is -2.11. The Morgan fingerprint density at radius 1 is 1.15 bits per heavy atom. The number of carbonyl (C=O) groups excluding carboxylic acids is 1. The van der Waals surface area contributed by atoms with Crippen LogP contribution in [0.4, 0.5) is 11.5 Å². The van der Waals surface area contributed by atoms with Gasteiger partial charge in [0.25, 0.3) is 5.91 Å². The highest BCUT2D eigenvalue weighted by atomic mass is 35.5. The predicted molar refractivity (Wildman–Crippen MR) is 98.7 cm³/mol. The minimum Gasteiger partial charge on any atom is -0.495 e. The van der Waals surface area contributed by atoms with Crippen LogP contribution in [0.25, 0.3) is 0 Å². The zero-order valence-corrected chi connectivity index (χ0v) is 14.7. The number of nitrogens with zero attached hydrogens (tertiary/aromatic N) is 3. The molecule has 0 fully saturated rings. The van der Waals surface area contributed by atoms with Crippen molar-refractivity contribution >= 4 is 29.0 Å². The summed E-state index contributed by atoms with van der Waals surface area (Å²) in [6.45, 7) is 0.321. The number of aromatic nitrogens is 3. The van der Waals surface area contributed by atoms with Gasteiger partial charge in [0.2, 0.25) is 0 Å². The van der Waals surface area contributed by atoms with Gasteiger partial charge in [0.05, 0.1) is 37.4 Å². The van der Waals surface area contributed by atoms with E-state index in [-0.39, 0.29) is 11.6 Å². The molecule has 0 aliphatic carbocycles. The second kappa shape index (κ2) is 8.26. The van der Waals surface area contributed by atoms with E-state index in [1.54, 1.807) is 31.5 Å². The molecule has 0 radical (unpaired) electrons. The first-order valence-corrected chi connectivity index (χ1v) is 8.14. The maximum Gasteiger partial charge on any atom is 0.271 e. The monoisotopic (exact) mass is 369 g/mol. The van der Waals surface area contributed by atoms with Gasteiger partial charge in [-0.1, -0.05) is 17.7 Å². The fraction of sp³-hybridized carbons (Fsp3) is 0.111. The molecule has 0 aliphatic heterocycles. The lowest BCUT2D eigenvalue weighted by Crippen LogP contribution is -2.24. The molecule has 0 atom stereocenters. The first kappa shape index (κ1) is 17.6. The van der Waals surface area contributed by atoms with Gasteiger partial charge in [-0.25, -0.2) is 9.97 Å². The van der Waals surface area contributed by atoms with Crippen LogP contribution >= 0.6 is 11.6 Å². The molecule has 0 saturated carbocycles. The van der Waals surface area contributed by atoms with E-state index in [1.807, 2.05) is 18.2 Å². The molecule has 0 spiro atoms. The molecule has 8 heteroatoms. The smallest absolute Gasteiger partial charge is 0.271 e. The van der Waals surface area contributed by atoms with Crippen molar-refractivity contribution in [3.63, 3.8) is 0 Å². The van der Waals surface area contributed by atoms with Crippen molar-refractivity contribution in [2.45, 2.75) is 6.54 Å². The third-order valence-electron chi connectivity index (χ3n) is 3.46. The van der Waals surface area contributed by atoms with Gasteiger partial charge in [0, 0.05) is 11.2 Å². The standard InChI is InChI=1S/C18H16ClN5O2/c1-26-16-6-5-12(19)8-14(16)24-17-11-21-15(10-22-17)18(25)23-9-13-4-2-3-7-20-13/h2-8,10-11H,9H2,1H3,(H,22,24)(H,23,25). The maximum atomic E-state index is 12.1. The molecular formula is C18H16ClN5O2. The molecular weight excluding hydrogens is 354 g/mol. The second-order valence-electron chi connectivity index (χ2n) is 5.26. The molecule has 7 nitrogen and oxygen atoms in total. The minimum atomic E-state index is -0.324. The molecule has 0 bridgehead atoms. The average Bonchev–Trinajstić information content (AvgIpc) is 2.68. The normalized spacial score (nSPS) is 10.2. The average molecular weight is 370 g/mol. The summed E-state index contributed by atoms with van der Waals surface area (Å²) in [5.41, 5.74) is 1.63.